The Morgan fingerprint density at radius 3 is 2.48 bits per heavy atom. The van der Waals surface area contributed by atoms with Crippen LogP contribution in [0.15, 0.2) is 37.6 Å². The molecule has 1 saturated carbocycles. The van der Waals surface area contributed by atoms with Crippen molar-refractivity contribution < 1.29 is 14.6 Å². The van der Waals surface area contributed by atoms with Gasteiger partial charge in [-0.05, 0) is 37.8 Å². The number of carbonyl (C=O) groups is 1. The molecule has 4 heterocycles. The van der Waals surface area contributed by atoms with Crippen LogP contribution in [0, 0.1) is 12.8 Å². The molecule has 1 saturated heterocycles. The van der Waals surface area contributed by atoms with Crippen molar-refractivity contribution in [3.8, 4) is 12.8 Å². The molecule has 0 atom stereocenters. The molecule has 5 rings (SSSR count). The lowest BCUT2D eigenvalue weighted by Gasteiger charge is -2.16. The topological polar surface area (TPSA) is 121 Å². The second-order valence-electron chi connectivity index (χ2n) is 6.73. The Labute approximate surface area is 194 Å². The summed E-state index contributed by atoms with van der Waals surface area (Å²) in [5, 5.41) is 22.5. The first-order valence-electron chi connectivity index (χ1n) is 10.5. The molecular weight excluding hydrogens is 422 g/mol. The Morgan fingerprint density at radius 2 is 1.91 bits per heavy atom. The second kappa shape index (κ2) is 15.0. The van der Waals surface area contributed by atoms with Gasteiger partial charge in [0.2, 0.25) is 5.95 Å². The number of fused-ring (bicyclic) bond motifs is 1. The van der Waals surface area contributed by atoms with Crippen molar-refractivity contribution in [2.75, 3.05) is 37.5 Å². The molecule has 178 valence electrons. The minimum absolute atomic E-state index is 0.375. The van der Waals surface area contributed by atoms with Gasteiger partial charge >= 0.3 is 0 Å². The van der Waals surface area contributed by atoms with Gasteiger partial charge in [-0.15, -0.1) is 31.1 Å². The van der Waals surface area contributed by atoms with Crippen LogP contribution in [-0.4, -0.2) is 63.7 Å². The number of rotatable bonds is 5. The van der Waals surface area contributed by atoms with E-state index >= 15 is 0 Å². The number of terminal acetylenes is 1. The van der Waals surface area contributed by atoms with Crippen LogP contribution in [0.25, 0.3) is 5.52 Å². The number of ether oxygens (including phenoxy) is 1. The molecule has 3 aromatic heterocycles. The van der Waals surface area contributed by atoms with Gasteiger partial charge in [-0.2, -0.15) is 10.1 Å². The minimum Gasteiger partial charge on any atom is -0.471 e. The molecule has 10 heteroatoms. The number of aliphatic hydroxyl groups excluding tert-OH is 1. The fraction of sp³-hybridized carbons (Fsp3) is 0.391. The standard InChI is InChI=1S/C16H19N7.C2H4O2.C2H4.C2H2.CH4O/c1-2-8-22(7-1)16-18-15(13-4-3-9-23(13)21-16)17-14-10-12(19-20-14)11-5-6-11;1-4-2-3;3*1-2/h3-4,9-11H,1-2,5-8H2,(H2,17,18,19,20,21);2H,1H3;1-2H2;1-2H;2H,1H3. The number of aromatic nitrogens is 5. The molecule has 0 radical (unpaired) electrons. The van der Waals surface area contributed by atoms with Crippen molar-refractivity contribution in [1.29, 1.82) is 0 Å². The molecule has 0 spiro atoms. The van der Waals surface area contributed by atoms with Gasteiger partial charge in [0.25, 0.3) is 6.47 Å². The van der Waals surface area contributed by atoms with Crippen LogP contribution < -0.4 is 10.2 Å². The van der Waals surface area contributed by atoms with Gasteiger partial charge in [0.15, 0.2) is 11.6 Å². The molecule has 3 aromatic rings. The summed E-state index contributed by atoms with van der Waals surface area (Å²) >= 11 is 0. The molecular formula is C23H33N7O3. The number of nitrogens with zero attached hydrogens (tertiary/aromatic N) is 5. The van der Waals surface area contributed by atoms with E-state index in [0.29, 0.717) is 12.4 Å². The zero-order chi connectivity index (χ0) is 24.6. The van der Waals surface area contributed by atoms with Crippen LogP contribution in [0.1, 0.15) is 37.3 Å². The predicted molar refractivity (Wildman–Crippen MR) is 131 cm³/mol. The number of aromatic amines is 1. The van der Waals surface area contributed by atoms with Crippen LogP contribution in [0.4, 0.5) is 17.6 Å². The average molecular weight is 456 g/mol. The summed E-state index contributed by atoms with van der Waals surface area (Å²) < 4.78 is 5.75. The molecule has 0 aromatic carbocycles. The lowest BCUT2D eigenvalue weighted by molar-refractivity contribution is -0.126. The van der Waals surface area contributed by atoms with E-state index in [2.05, 4.69) is 62.3 Å². The van der Waals surface area contributed by atoms with E-state index < -0.39 is 0 Å². The second-order valence-corrected chi connectivity index (χ2v) is 6.73. The molecule has 0 amide bonds. The van der Waals surface area contributed by atoms with E-state index in [9.17, 15) is 0 Å². The molecule has 1 aliphatic carbocycles. The Hall–Kier alpha value is -3.84. The molecule has 0 bridgehead atoms. The fourth-order valence-electron chi connectivity index (χ4n) is 3.19. The minimum atomic E-state index is 0.375. The first kappa shape index (κ1) is 27.2. The van der Waals surface area contributed by atoms with Gasteiger partial charge in [-0.1, -0.05) is 0 Å². The van der Waals surface area contributed by atoms with Crippen molar-refractivity contribution in [1.82, 2.24) is 24.8 Å². The van der Waals surface area contributed by atoms with Gasteiger partial charge in [0, 0.05) is 44.1 Å². The summed E-state index contributed by atoms with van der Waals surface area (Å²) in [5.74, 6) is 3.07. The van der Waals surface area contributed by atoms with E-state index in [1.54, 1.807) is 0 Å². The van der Waals surface area contributed by atoms with Crippen LogP contribution in [0.5, 0.6) is 0 Å². The van der Waals surface area contributed by atoms with Crippen molar-refractivity contribution in [3.05, 3.63) is 43.2 Å². The van der Waals surface area contributed by atoms with E-state index in [1.165, 1.54) is 38.5 Å². The summed E-state index contributed by atoms with van der Waals surface area (Å²) in [7, 11) is 2.31. The van der Waals surface area contributed by atoms with E-state index in [4.69, 9.17) is 14.9 Å². The van der Waals surface area contributed by atoms with E-state index in [1.807, 2.05) is 22.8 Å². The lowest BCUT2D eigenvalue weighted by atomic mass is 10.3. The van der Waals surface area contributed by atoms with Crippen molar-refractivity contribution in [2.45, 2.75) is 31.6 Å². The first-order valence-corrected chi connectivity index (χ1v) is 10.5. The van der Waals surface area contributed by atoms with Crippen molar-refractivity contribution >= 4 is 29.6 Å². The molecule has 33 heavy (non-hydrogen) atoms. The zero-order valence-corrected chi connectivity index (χ0v) is 19.3. The SMILES string of the molecule is C#C.C=C.CO.COC=O.c1cc2c(Nc3cc(C4CC4)[nH]n3)nc(N3CCCC3)nn2c1. The number of H-pyrrole nitrogens is 1. The first-order chi connectivity index (χ1) is 16.3. The third-order valence-electron chi connectivity index (χ3n) is 4.73. The number of aliphatic hydroxyl groups is 1. The summed E-state index contributed by atoms with van der Waals surface area (Å²) in [6.07, 6.45) is 14.9. The van der Waals surface area contributed by atoms with Gasteiger partial charge in [0.1, 0.15) is 5.52 Å². The van der Waals surface area contributed by atoms with Crippen LogP contribution in [0.3, 0.4) is 0 Å². The maximum absolute atomic E-state index is 8.95. The quantitative estimate of drug-likeness (QED) is 0.305. The summed E-state index contributed by atoms with van der Waals surface area (Å²) in [6, 6.07) is 6.10. The Bertz CT molecular complexity index is 973. The van der Waals surface area contributed by atoms with Gasteiger partial charge in [-0.25, -0.2) is 4.52 Å². The Morgan fingerprint density at radius 1 is 1.27 bits per heavy atom. The van der Waals surface area contributed by atoms with Crippen molar-refractivity contribution in [2.24, 2.45) is 0 Å². The summed E-state index contributed by atoms with van der Waals surface area (Å²) in [4.78, 5) is 15.9. The average Bonchev–Trinajstić information content (AvgIpc) is 3.28. The van der Waals surface area contributed by atoms with Crippen LogP contribution in [-0.2, 0) is 9.53 Å². The summed E-state index contributed by atoms with van der Waals surface area (Å²) in [6.45, 7) is 8.43. The maximum atomic E-state index is 8.95. The maximum Gasteiger partial charge on any atom is 0.292 e. The third-order valence-corrected chi connectivity index (χ3v) is 4.73. The molecule has 3 N–H and O–H groups in total. The summed E-state index contributed by atoms with van der Waals surface area (Å²) in [5.41, 5.74) is 2.18. The van der Waals surface area contributed by atoms with Gasteiger partial charge in [0.05, 0.1) is 7.11 Å². The Kier molecular flexibility index (Phi) is 12.4. The number of anilines is 3. The largest absolute Gasteiger partial charge is 0.471 e. The number of methoxy groups -OCH3 is 1. The number of hydrogen-bond acceptors (Lipinski definition) is 8. The Balaban J connectivity index is 0.000000479. The number of hydrogen-bond donors (Lipinski definition) is 3. The van der Waals surface area contributed by atoms with E-state index in [0.717, 1.165) is 43.3 Å². The van der Waals surface area contributed by atoms with Crippen molar-refractivity contribution in [3.63, 3.8) is 0 Å². The smallest absolute Gasteiger partial charge is 0.292 e. The highest BCUT2D eigenvalue weighted by Crippen LogP contribution is 2.39. The fourth-order valence-corrected chi connectivity index (χ4v) is 3.19. The van der Waals surface area contributed by atoms with Gasteiger partial charge < -0.3 is 20.1 Å². The highest BCUT2D eigenvalue weighted by Gasteiger charge is 2.25. The molecule has 2 aliphatic rings. The highest BCUT2D eigenvalue weighted by atomic mass is 16.5. The van der Waals surface area contributed by atoms with Crippen LogP contribution >= 0.6 is 0 Å². The molecule has 2 fully saturated rings. The molecule has 1 aliphatic heterocycles. The molecule has 10 nitrogen and oxygen atoms in total. The van der Waals surface area contributed by atoms with Gasteiger partial charge in [-0.3, -0.25) is 9.89 Å². The number of carbonyl (C=O) groups excluding carboxylic acids is 1. The van der Waals surface area contributed by atoms with E-state index in [-0.39, 0.29) is 0 Å². The highest BCUT2D eigenvalue weighted by molar-refractivity contribution is 5.73. The van der Waals surface area contributed by atoms with Crippen LogP contribution in [0.2, 0.25) is 0 Å². The zero-order valence-electron chi connectivity index (χ0n) is 19.3. The lowest BCUT2D eigenvalue weighted by Crippen LogP contribution is -2.22. The molecule has 0 unspecified atom stereocenters. The monoisotopic (exact) mass is 455 g/mol. The predicted octanol–water partition coefficient (Wildman–Crippen LogP) is 3.12. The normalized spacial score (nSPS) is 13.5. The number of nitrogens with one attached hydrogen (secondary N) is 2. The third kappa shape index (κ3) is 7.66.